The molecule has 0 radical (unpaired) electrons. The van der Waals surface area contributed by atoms with Gasteiger partial charge in [0.15, 0.2) is 23.6 Å². The van der Waals surface area contributed by atoms with Crippen LogP contribution in [0.25, 0.3) is 22.0 Å². The van der Waals surface area contributed by atoms with Gasteiger partial charge in [-0.3, -0.25) is 0 Å². The second-order valence-electron chi connectivity index (χ2n) is 8.02. The Balaban J connectivity index is 1.62. The summed E-state index contributed by atoms with van der Waals surface area (Å²) < 4.78 is 32.3. The third kappa shape index (κ3) is 3.60. The van der Waals surface area contributed by atoms with Gasteiger partial charge in [-0.15, -0.1) is 0 Å². The quantitative estimate of drug-likeness (QED) is 0.420. The van der Waals surface area contributed by atoms with E-state index in [1.165, 1.54) is 13.2 Å². The van der Waals surface area contributed by atoms with Gasteiger partial charge < -0.3 is 19.3 Å². The molecular formula is C24H25FN4O3. The Morgan fingerprint density at radius 1 is 1.16 bits per heavy atom. The lowest BCUT2D eigenvalue weighted by atomic mass is 10.0. The molecule has 2 aromatic heterocycles. The van der Waals surface area contributed by atoms with Crippen molar-refractivity contribution in [2.75, 3.05) is 19.0 Å². The van der Waals surface area contributed by atoms with E-state index >= 15 is 0 Å². The summed E-state index contributed by atoms with van der Waals surface area (Å²) in [4.78, 5) is 0. The molecule has 0 amide bonds. The average Bonchev–Trinajstić information content (AvgIpc) is 3.34. The molecular weight excluding hydrogens is 411 g/mol. The van der Waals surface area contributed by atoms with Crippen molar-refractivity contribution in [3.05, 3.63) is 53.7 Å². The predicted octanol–water partition coefficient (Wildman–Crippen LogP) is 5.90. The zero-order chi connectivity index (χ0) is 22.2. The summed E-state index contributed by atoms with van der Waals surface area (Å²) in [5.74, 6) is 1.22. The number of aromatic nitrogens is 3. The zero-order valence-corrected chi connectivity index (χ0v) is 18.3. The summed E-state index contributed by atoms with van der Waals surface area (Å²) >= 11 is 0. The fraction of sp³-hybridized carbons (Fsp3) is 0.333. The van der Waals surface area contributed by atoms with Crippen molar-refractivity contribution in [1.82, 2.24) is 14.9 Å². The topological polar surface area (TPSA) is 74.3 Å². The van der Waals surface area contributed by atoms with Crippen LogP contribution in [0.3, 0.4) is 0 Å². The first-order chi connectivity index (χ1) is 15.5. The highest BCUT2D eigenvalue weighted by atomic mass is 19.1. The number of fused-ring (bicyclic) bond motifs is 1. The van der Waals surface area contributed by atoms with Gasteiger partial charge in [-0.2, -0.15) is 5.10 Å². The van der Waals surface area contributed by atoms with E-state index < -0.39 is 5.82 Å². The molecule has 1 atom stereocenters. The summed E-state index contributed by atoms with van der Waals surface area (Å²) in [5.41, 5.74) is 4.49. The first kappa shape index (κ1) is 20.5. The Kier molecular flexibility index (Phi) is 5.30. The molecule has 1 N–H and O–H groups in total. The lowest BCUT2D eigenvalue weighted by molar-refractivity contribution is -0.0365. The van der Waals surface area contributed by atoms with Crippen molar-refractivity contribution in [3.8, 4) is 16.9 Å². The van der Waals surface area contributed by atoms with Crippen LogP contribution in [-0.2, 0) is 4.74 Å². The van der Waals surface area contributed by atoms with Crippen LogP contribution in [0.4, 0.5) is 15.9 Å². The van der Waals surface area contributed by atoms with Gasteiger partial charge in [0, 0.05) is 29.3 Å². The Morgan fingerprint density at radius 3 is 2.75 bits per heavy atom. The normalized spacial score (nSPS) is 16.4. The Bertz CT molecular complexity index is 1250. The number of hydrogen-bond acceptors (Lipinski definition) is 6. The number of ether oxygens (including phenoxy) is 2. The first-order valence-electron chi connectivity index (χ1n) is 10.7. The van der Waals surface area contributed by atoms with Gasteiger partial charge in [0.05, 0.1) is 18.3 Å². The van der Waals surface area contributed by atoms with Crippen LogP contribution in [0.2, 0.25) is 0 Å². The highest BCUT2D eigenvalue weighted by Gasteiger charge is 2.23. The molecule has 32 heavy (non-hydrogen) atoms. The van der Waals surface area contributed by atoms with Crippen LogP contribution < -0.4 is 10.1 Å². The SMILES string of the molecule is COc1cc(Nc2nn(C3CCCCO3)c3cc(-c4c(C)noc4C)ccc23)ccc1F. The molecule has 2 aromatic carbocycles. The van der Waals surface area contributed by atoms with Gasteiger partial charge in [-0.25, -0.2) is 9.07 Å². The average molecular weight is 436 g/mol. The molecule has 0 aliphatic carbocycles. The van der Waals surface area contributed by atoms with E-state index in [-0.39, 0.29) is 12.0 Å². The van der Waals surface area contributed by atoms with E-state index in [1.807, 2.05) is 30.7 Å². The minimum atomic E-state index is -0.409. The summed E-state index contributed by atoms with van der Waals surface area (Å²) in [6, 6.07) is 10.8. The number of halogens is 1. The number of methoxy groups -OCH3 is 1. The van der Waals surface area contributed by atoms with Crippen LogP contribution in [0.5, 0.6) is 5.75 Å². The molecule has 0 saturated carbocycles. The molecule has 3 heterocycles. The van der Waals surface area contributed by atoms with Gasteiger partial charge >= 0.3 is 0 Å². The number of aryl methyl sites for hydroxylation is 2. The monoisotopic (exact) mass is 436 g/mol. The molecule has 1 fully saturated rings. The molecule has 0 spiro atoms. The summed E-state index contributed by atoms with van der Waals surface area (Å²) in [7, 11) is 1.45. The second-order valence-corrected chi connectivity index (χ2v) is 8.02. The minimum Gasteiger partial charge on any atom is -0.494 e. The number of rotatable bonds is 5. The van der Waals surface area contributed by atoms with E-state index in [0.29, 0.717) is 18.1 Å². The number of anilines is 2. The summed E-state index contributed by atoms with van der Waals surface area (Å²) in [6.07, 6.45) is 2.91. The van der Waals surface area contributed by atoms with Crippen molar-refractivity contribution >= 4 is 22.4 Å². The Morgan fingerprint density at radius 2 is 2.03 bits per heavy atom. The zero-order valence-electron chi connectivity index (χ0n) is 18.3. The van der Waals surface area contributed by atoms with Gasteiger partial charge in [0.25, 0.3) is 0 Å². The van der Waals surface area contributed by atoms with Crippen molar-refractivity contribution in [3.63, 3.8) is 0 Å². The summed E-state index contributed by atoms with van der Waals surface area (Å²) in [5, 5.41) is 13.2. The third-order valence-corrected chi connectivity index (χ3v) is 5.87. The number of nitrogens with zero attached hydrogens (tertiary/aromatic N) is 3. The van der Waals surface area contributed by atoms with Crippen molar-refractivity contribution in [2.24, 2.45) is 0 Å². The van der Waals surface area contributed by atoms with Crippen molar-refractivity contribution in [1.29, 1.82) is 0 Å². The van der Waals surface area contributed by atoms with Crippen LogP contribution in [-0.4, -0.2) is 28.7 Å². The van der Waals surface area contributed by atoms with Gasteiger partial charge in [-0.05, 0) is 62.9 Å². The van der Waals surface area contributed by atoms with Gasteiger partial charge in [-0.1, -0.05) is 11.2 Å². The van der Waals surface area contributed by atoms with Crippen LogP contribution in [0, 0.1) is 19.7 Å². The molecule has 8 heteroatoms. The fourth-order valence-corrected chi connectivity index (χ4v) is 4.29. The second kappa shape index (κ2) is 8.27. The standard InChI is InChI=1S/C24H25FN4O3/c1-14-23(15(2)32-28-14)16-7-9-18-20(12-16)29(22-6-4-5-11-31-22)27-24(18)26-17-8-10-19(25)21(13-17)30-3/h7-10,12-13,22H,4-6,11H2,1-3H3,(H,26,27). The molecule has 166 valence electrons. The maximum absolute atomic E-state index is 13.9. The molecule has 1 saturated heterocycles. The number of nitrogens with one attached hydrogen (secondary N) is 1. The molecule has 1 aliphatic heterocycles. The van der Waals surface area contributed by atoms with Gasteiger partial charge in [0.1, 0.15) is 5.76 Å². The molecule has 4 aromatic rings. The highest BCUT2D eigenvalue weighted by molar-refractivity contribution is 5.95. The molecule has 1 unspecified atom stereocenters. The smallest absolute Gasteiger partial charge is 0.165 e. The summed E-state index contributed by atoms with van der Waals surface area (Å²) in [6.45, 7) is 4.57. The molecule has 0 bridgehead atoms. The third-order valence-electron chi connectivity index (χ3n) is 5.87. The van der Waals surface area contributed by atoms with E-state index in [2.05, 4.69) is 16.5 Å². The maximum Gasteiger partial charge on any atom is 0.165 e. The molecule has 1 aliphatic rings. The van der Waals surface area contributed by atoms with E-state index in [0.717, 1.165) is 52.7 Å². The first-order valence-corrected chi connectivity index (χ1v) is 10.7. The predicted molar refractivity (Wildman–Crippen MR) is 120 cm³/mol. The van der Waals surface area contributed by atoms with E-state index in [4.69, 9.17) is 19.1 Å². The van der Waals surface area contributed by atoms with Gasteiger partial charge in [0.2, 0.25) is 0 Å². The molecule has 5 rings (SSSR count). The lowest BCUT2D eigenvalue weighted by Crippen LogP contribution is -2.19. The molecule has 7 nitrogen and oxygen atoms in total. The minimum absolute atomic E-state index is 0.135. The Labute approximate surface area is 185 Å². The number of benzene rings is 2. The lowest BCUT2D eigenvalue weighted by Gasteiger charge is -2.23. The highest BCUT2D eigenvalue weighted by Crippen LogP contribution is 2.36. The van der Waals surface area contributed by atoms with Crippen LogP contribution in [0.15, 0.2) is 40.9 Å². The van der Waals surface area contributed by atoms with Crippen LogP contribution >= 0.6 is 0 Å². The number of hydrogen-bond donors (Lipinski definition) is 1. The Hall–Kier alpha value is -3.39. The largest absolute Gasteiger partial charge is 0.494 e. The van der Waals surface area contributed by atoms with Crippen molar-refractivity contribution < 1.29 is 18.4 Å². The fourth-order valence-electron chi connectivity index (χ4n) is 4.29. The van der Waals surface area contributed by atoms with Crippen LogP contribution in [0.1, 0.15) is 36.9 Å². The van der Waals surface area contributed by atoms with E-state index in [1.54, 1.807) is 12.1 Å². The van der Waals surface area contributed by atoms with E-state index in [9.17, 15) is 4.39 Å². The van der Waals surface area contributed by atoms with Crippen molar-refractivity contribution in [2.45, 2.75) is 39.3 Å². The maximum atomic E-state index is 13.9.